The van der Waals surface area contributed by atoms with E-state index in [-0.39, 0.29) is 19.3 Å². The van der Waals surface area contributed by atoms with Crippen molar-refractivity contribution in [2.45, 2.75) is 6.92 Å². The van der Waals surface area contributed by atoms with Crippen LogP contribution in [0.5, 0.6) is 17.2 Å². The van der Waals surface area contributed by atoms with Crippen LogP contribution < -0.4 is 19.0 Å². The summed E-state index contributed by atoms with van der Waals surface area (Å²) in [6.45, 7) is 2.14. The van der Waals surface area contributed by atoms with Crippen LogP contribution in [0.25, 0.3) is 10.2 Å². The van der Waals surface area contributed by atoms with Gasteiger partial charge in [0, 0.05) is 19.2 Å². The summed E-state index contributed by atoms with van der Waals surface area (Å²) < 4.78 is 19.1. The highest BCUT2D eigenvalue weighted by atomic mass is 32.1. The topological polar surface area (TPSA) is 62.0 Å². The quantitative estimate of drug-likeness (QED) is 0.724. The number of aromatic nitrogens is 1. The van der Waals surface area contributed by atoms with Crippen LogP contribution in [0.1, 0.15) is 5.56 Å². The van der Waals surface area contributed by atoms with Gasteiger partial charge in [0.1, 0.15) is 5.75 Å². The molecule has 0 bridgehead atoms. The monoisotopic (exact) mass is 356 g/mol. The number of hydrogen-bond donors (Lipinski definition) is 0. The molecule has 1 aliphatic heterocycles. The molecule has 2 heterocycles. The van der Waals surface area contributed by atoms with E-state index in [1.54, 1.807) is 0 Å². The minimum absolute atomic E-state index is 0.0972. The van der Waals surface area contributed by atoms with Gasteiger partial charge in [-0.2, -0.15) is 4.99 Å². The fraction of sp³-hybridized carbons (Fsp3) is 0.222. The van der Waals surface area contributed by atoms with Crippen LogP contribution in [0.3, 0.4) is 0 Å². The maximum atomic E-state index is 12.1. The van der Waals surface area contributed by atoms with Crippen molar-refractivity contribution in [3.63, 3.8) is 0 Å². The van der Waals surface area contributed by atoms with Crippen LogP contribution in [0, 0.1) is 6.92 Å². The van der Waals surface area contributed by atoms with Crippen LogP contribution in [-0.4, -0.2) is 23.9 Å². The first-order chi connectivity index (χ1) is 12.1. The number of hydrogen-bond acceptors (Lipinski definition) is 5. The number of nitrogens with zero attached hydrogens (tertiary/aromatic N) is 2. The van der Waals surface area contributed by atoms with Crippen LogP contribution >= 0.6 is 11.3 Å². The second kappa shape index (κ2) is 6.25. The van der Waals surface area contributed by atoms with Crippen molar-refractivity contribution in [3.05, 3.63) is 46.8 Å². The first kappa shape index (κ1) is 15.7. The van der Waals surface area contributed by atoms with Gasteiger partial charge in [0.25, 0.3) is 5.91 Å². The minimum atomic E-state index is -0.331. The molecule has 0 aliphatic carbocycles. The van der Waals surface area contributed by atoms with Crippen LogP contribution in [0.15, 0.2) is 41.4 Å². The third-order valence-electron chi connectivity index (χ3n) is 3.91. The SMILES string of the molecule is Cc1ccc(OCC(=O)N=c2sc3cc4c(cc3n2C)OCO4)cc1. The number of rotatable bonds is 3. The molecule has 1 aromatic heterocycles. The highest BCUT2D eigenvalue weighted by Gasteiger charge is 2.16. The van der Waals surface area contributed by atoms with Crippen molar-refractivity contribution in [2.24, 2.45) is 12.0 Å². The van der Waals surface area contributed by atoms with Crippen molar-refractivity contribution in [1.82, 2.24) is 4.57 Å². The highest BCUT2D eigenvalue weighted by molar-refractivity contribution is 7.16. The van der Waals surface area contributed by atoms with Crippen molar-refractivity contribution < 1.29 is 19.0 Å². The van der Waals surface area contributed by atoms with E-state index < -0.39 is 0 Å². The van der Waals surface area contributed by atoms with Gasteiger partial charge < -0.3 is 18.8 Å². The van der Waals surface area contributed by atoms with Gasteiger partial charge in [0.05, 0.1) is 10.2 Å². The number of amides is 1. The zero-order valence-electron chi connectivity index (χ0n) is 13.8. The predicted molar refractivity (Wildman–Crippen MR) is 94.2 cm³/mol. The molecule has 0 radical (unpaired) electrons. The Kier molecular flexibility index (Phi) is 3.93. The molecule has 128 valence electrons. The molecular formula is C18H16N2O4S. The predicted octanol–water partition coefficient (Wildman–Crippen LogP) is 2.78. The fourth-order valence-electron chi connectivity index (χ4n) is 2.54. The Morgan fingerprint density at radius 1 is 1.24 bits per heavy atom. The first-order valence-electron chi connectivity index (χ1n) is 7.76. The van der Waals surface area contributed by atoms with E-state index in [0.717, 1.165) is 21.5 Å². The molecule has 0 atom stereocenters. The zero-order chi connectivity index (χ0) is 17.4. The van der Waals surface area contributed by atoms with E-state index >= 15 is 0 Å². The van der Waals surface area contributed by atoms with Crippen molar-refractivity contribution in [1.29, 1.82) is 0 Å². The summed E-state index contributed by atoms with van der Waals surface area (Å²) in [5.41, 5.74) is 2.08. The molecule has 0 spiro atoms. The third kappa shape index (κ3) is 3.10. The molecule has 0 saturated carbocycles. The summed E-state index contributed by atoms with van der Waals surface area (Å²) in [6, 6.07) is 11.4. The number of benzene rings is 2. The van der Waals surface area contributed by atoms with Crippen molar-refractivity contribution >= 4 is 27.5 Å². The molecular weight excluding hydrogens is 340 g/mol. The molecule has 1 aliphatic rings. The summed E-state index contributed by atoms with van der Waals surface area (Å²) in [6.07, 6.45) is 0. The lowest BCUT2D eigenvalue weighted by molar-refractivity contribution is -0.120. The van der Waals surface area contributed by atoms with Gasteiger partial charge in [0.2, 0.25) is 6.79 Å². The lowest BCUT2D eigenvalue weighted by atomic mass is 10.2. The number of ether oxygens (including phenoxy) is 3. The summed E-state index contributed by atoms with van der Waals surface area (Å²) >= 11 is 1.43. The molecule has 4 rings (SSSR count). The van der Waals surface area contributed by atoms with Crippen LogP contribution in [-0.2, 0) is 11.8 Å². The summed E-state index contributed by atoms with van der Waals surface area (Å²) in [5.74, 6) is 1.75. The maximum absolute atomic E-state index is 12.1. The standard InChI is InChI=1S/C18H16N2O4S/c1-11-3-5-12(6-4-11)22-9-17(21)19-18-20(2)13-7-14-15(24-10-23-14)8-16(13)25-18/h3-8H,9-10H2,1-2H3. The molecule has 7 heteroatoms. The Morgan fingerprint density at radius 2 is 1.96 bits per heavy atom. The molecule has 0 fully saturated rings. The second-order valence-electron chi connectivity index (χ2n) is 5.72. The van der Waals surface area contributed by atoms with Crippen molar-refractivity contribution in [2.75, 3.05) is 13.4 Å². The van der Waals surface area contributed by atoms with Crippen LogP contribution in [0.2, 0.25) is 0 Å². The summed E-state index contributed by atoms with van der Waals surface area (Å²) in [4.78, 5) is 16.9. The molecule has 0 unspecified atom stereocenters. The lowest BCUT2D eigenvalue weighted by Gasteiger charge is -2.03. The van der Waals surface area contributed by atoms with Gasteiger partial charge in [0.15, 0.2) is 22.9 Å². The maximum Gasteiger partial charge on any atom is 0.286 e. The number of carbonyl (C=O) groups excluding carboxylic acids is 1. The Balaban J connectivity index is 1.57. The summed E-state index contributed by atoms with van der Waals surface area (Å²) in [5, 5.41) is 0. The number of carbonyl (C=O) groups is 1. The van der Waals surface area contributed by atoms with E-state index in [1.165, 1.54) is 11.3 Å². The zero-order valence-corrected chi connectivity index (χ0v) is 14.6. The lowest BCUT2D eigenvalue weighted by Crippen LogP contribution is -2.17. The van der Waals surface area contributed by atoms with E-state index in [1.807, 2.05) is 54.9 Å². The summed E-state index contributed by atoms with van der Waals surface area (Å²) in [7, 11) is 1.87. The molecule has 25 heavy (non-hydrogen) atoms. The van der Waals surface area contributed by atoms with Gasteiger partial charge in [-0.15, -0.1) is 0 Å². The minimum Gasteiger partial charge on any atom is -0.484 e. The van der Waals surface area contributed by atoms with E-state index in [2.05, 4.69) is 4.99 Å². The normalized spacial score (nSPS) is 13.4. The van der Waals surface area contributed by atoms with E-state index in [4.69, 9.17) is 14.2 Å². The van der Waals surface area contributed by atoms with Gasteiger partial charge in [-0.3, -0.25) is 4.79 Å². The Morgan fingerprint density at radius 3 is 2.72 bits per heavy atom. The molecule has 2 aromatic carbocycles. The first-order valence-corrected chi connectivity index (χ1v) is 8.58. The number of fused-ring (bicyclic) bond motifs is 2. The van der Waals surface area contributed by atoms with Gasteiger partial charge in [-0.1, -0.05) is 29.0 Å². The Labute approximate surface area is 147 Å². The van der Waals surface area contributed by atoms with Crippen molar-refractivity contribution in [3.8, 4) is 17.2 Å². The average molecular weight is 356 g/mol. The van der Waals surface area contributed by atoms with E-state index in [0.29, 0.717) is 16.3 Å². The van der Waals surface area contributed by atoms with Gasteiger partial charge in [-0.25, -0.2) is 0 Å². The molecule has 0 N–H and O–H groups in total. The fourth-order valence-corrected chi connectivity index (χ4v) is 3.59. The smallest absolute Gasteiger partial charge is 0.286 e. The van der Waals surface area contributed by atoms with Crippen LogP contribution in [0.4, 0.5) is 0 Å². The Bertz CT molecular complexity index is 1020. The van der Waals surface area contributed by atoms with Gasteiger partial charge >= 0.3 is 0 Å². The highest BCUT2D eigenvalue weighted by Crippen LogP contribution is 2.36. The average Bonchev–Trinajstić information content (AvgIpc) is 3.17. The Hall–Kier alpha value is -2.80. The molecule has 3 aromatic rings. The molecule has 0 saturated heterocycles. The number of thiazole rings is 1. The van der Waals surface area contributed by atoms with Gasteiger partial charge in [-0.05, 0) is 19.1 Å². The largest absolute Gasteiger partial charge is 0.484 e. The third-order valence-corrected chi connectivity index (χ3v) is 5.00. The number of aryl methyl sites for hydroxylation is 2. The van der Waals surface area contributed by atoms with E-state index in [9.17, 15) is 4.79 Å². The molecule has 1 amide bonds. The molecule has 6 nitrogen and oxygen atoms in total. The second-order valence-corrected chi connectivity index (χ2v) is 6.73.